The largest absolute Gasteiger partial charge is 0.395 e. The maximum absolute atomic E-state index is 8.73. The highest BCUT2D eigenvalue weighted by Crippen LogP contribution is 2.03. The van der Waals surface area contributed by atoms with Gasteiger partial charge in [-0.2, -0.15) is 0 Å². The molecule has 0 aromatic rings. The molecule has 47 heavy (non-hydrogen) atoms. The van der Waals surface area contributed by atoms with Crippen molar-refractivity contribution in [2.75, 3.05) is 184 Å². The maximum atomic E-state index is 8.73. The van der Waals surface area contributed by atoms with Gasteiger partial charge in [-0.25, -0.2) is 0 Å². The molecule has 0 spiro atoms. The van der Waals surface area contributed by atoms with Crippen molar-refractivity contribution in [3.8, 4) is 0 Å². The van der Waals surface area contributed by atoms with E-state index in [2.05, 4.69) is 66.9 Å². The van der Waals surface area contributed by atoms with Gasteiger partial charge in [0.25, 0.3) is 0 Å². The Bertz CT molecular complexity index is 557. The molecule has 4 N–H and O–H groups in total. The summed E-state index contributed by atoms with van der Waals surface area (Å²) in [6, 6.07) is 0. The molecule has 0 atom stereocenters. The van der Waals surface area contributed by atoms with Crippen molar-refractivity contribution in [1.29, 1.82) is 0 Å². The first-order valence-electron chi connectivity index (χ1n) is 18.7. The van der Waals surface area contributed by atoms with Crippen LogP contribution in [-0.2, 0) is 0 Å². The van der Waals surface area contributed by atoms with E-state index in [1.807, 2.05) is 0 Å². The number of nitrogens with zero attached hydrogens (tertiary/aromatic N) is 8. The predicted octanol–water partition coefficient (Wildman–Crippen LogP) is -0.119. The minimum Gasteiger partial charge on any atom is -0.395 e. The third-order valence-electron chi connectivity index (χ3n) is 9.50. The number of hydrogen-bond acceptors (Lipinski definition) is 12. The molecule has 0 aromatic heterocycles. The Morgan fingerprint density at radius 3 is 0.617 bits per heavy atom. The van der Waals surface area contributed by atoms with E-state index < -0.39 is 0 Å². The van der Waals surface area contributed by atoms with Crippen molar-refractivity contribution in [2.45, 2.75) is 48.0 Å². The lowest BCUT2D eigenvalue weighted by atomic mass is 10.3. The van der Waals surface area contributed by atoms with Gasteiger partial charge in [-0.05, 0) is 39.0 Å². The van der Waals surface area contributed by atoms with Gasteiger partial charge in [-0.15, -0.1) is 0 Å². The summed E-state index contributed by atoms with van der Waals surface area (Å²) in [7, 11) is 0. The Kier molecular flexibility index (Phi) is 31.2. The quantitative estimate of drug-likeness (QED) is 0.197. The normalized spacial score (nSPS) is 21.4. The monoisotopic (exact) mass is 677 g/mol. The van der Waals surface area contributed by atoms with E-state index in [0.717, 1.165) is 118 Å². The van der Waals surface area contributed by atoms with Crippen LogP contribution in [0.3, 0.4) is 0 Å². The van der Waals surface area contributed by atoms with E-state index in [9.17, 15) is 0 Å². The summed E-state index contributed by atoms with van der Waals surface area (Å²) >= 11 is 0. The highest BCUT2D eigenvalue weighted by atomic mass is 16.3. The fraction of sp³-hybridized carbons (Fsp3) is 1.00. The minimum atomic E-state index is 0. The van der Waals surface area contributed by atoms with E-state index in [-0.39, 0.29) is 7.43 Å². The molecule has 4 fully saturated rings. The second kappa shape index (κ2) is 31.5. The molecule has 4 aliphatic rings. The van der Waals surface area contributed by atoms with Crippen molar-refractivity contribution >= 4 is 0 Å². The summed E-state index contributed by atoms with van der Waals surface area (Å²) < 4.78 is 0. The number of hydrogen-bond donors (Lipinski definition) is 4. The zero-order valence-electron chi connectivity index (χ0n) is 30.6. The zero-order valence-corrected chi connectivity index (χ0v) is 30.6. The van der Waals surface area contributed by atoms with E-state index in [0.29, 0.717) is 26.4 Å². The molecule has 0 radical (unpaired) electrons. The highest BCUT2D eigenvalue weighted by Gasteiger charge is 2.17. The molecule has 0 amide bonds. The van der Waals surface area contributed by atoms with Crippen LogP contribution in [0.15, 0.2) is 0 Å². The van der Waals surface area contributed by atoms with Crippen LogP contribution in [-0.4, -0.2) is 243 Å². The van der Waals surface area contributed by atoms with Crippen molar-refractivity contribution < 1.29 is 20.4 Å². The number of aliphatic hydroxyl groups is 4. The van der Waals surface area contributed by atoms with Crippen LogP contribution in [0, 0.1) is 0 Å². The lowest BCUT2D eigenvalue weighted by Crippen LogP contribution is -2.47. The first-order valence-corrected chi connectivity index (χ1v) is 18.7. The van der Waals surface area contributed by atoms with Crippen LogP contribution in [0.25, 0.3) is 0 Å². The average molecular weight is 677 g/mol. The molecule has 0 bridgehead atoms. The van der Waals surface area contributed by atoms with Crippen LogP contribution in [0.5, 0.6) is 0 Å². The van der Waals surface area contributed by atoms with Gasteiger partial charge >= 0.3 is 0 Å². The third kappa shape index (κ3) is 22.8. The third-order valence-corrected chi connectivity index (χ3v) is 9.50. The summed E-state index contributed by atoms with van der Waals surface area (Å²) in [5.74, 6) is 0. The molecule has 0 saturated carbocycles. The molecule has 4 saturated heterocycles. The molecule has 4 rings (SSSR count). The number of likely N-dealkylation sites (N-methyl/N-ethyl adjacent to an activating group) is 2. The molecule has 4 heterocycles. The Hall–Kier alpha value is -0.480. The van der Waals surface area contributed by atoms with Gasteiger partial charge in [0, 0.05) is 131 Å². The van der Waals surface area contributed by atoms with Crippen molar-refractivity contribution in [2.24, 2.45) is 0 Å². The van der Waals surface area contributed by atoms with Gasteiger partial charge < -0.3 is 40.0 Å². The Balaban J connectivity index is 0.000000597. The van der Waals surface area contributed by atoms with Crippen molar-refractivity contribution in [1.82, 2.24) is 39.2 Å². The van der Waals surface area contributed by atoms with E-state index in [1.54, 1.807) is 0 Å². The van der Waals surface area contributed by atoms with Crippen LogP contribution >= 0.6 is 0 Å². The maximum Gasteiger partial charge on any atom is 0.0558 e. The van der Waals surface area contributed by atoms with Crippen molar-refractivity contribution in [3.05, 3.63) is 0 Å². The van der Waals surface area contributed by atoms with Gasteiger partial charge in [-0.1, -0.05) is 35.1 Å². The molecular formula is C35H80N8O4. The van der Waals surface area contributed by atoms with Gasteiger partial charge in [0.1, 0.15) is 0 Å². The number of aliphatic hydroxyl groups excluding tert-OH is 4. The van der Waals surface area contributed by atoms with E-state index in [4.69, 9.17) is 20.4 Å². The van der Waals surface area contributed by atoms with E-state index in [1.165, 1.54) is 52.1 Å². The number of rotatable bonds is 14. The summed E-state index contributed by atoms with van der Waals surface area (Å²) in [4.78, 5) is 19.1. The smallest absolute Gasteiger partial charge is 0.0558 e. The van der Waals surface area contributed by atoms with Crippen LogP contribution in [0.1, 0.15) is 48.0 Å². The van der Waals surface area contributed by atoms with Gasteiger partial charge in [-0.3, -0.25) is 19.6 Å². The summed E-state index contributed by atoms with van der Waals surface area (Å²) in [5.41, 5.74) is 0. The van der Waals surface area contributed by atoms with Crippen LogP contribution < -0.4 is 0 Å². The first-order chi connectivity index (χ1) is 22.5. The number of piperazine rings is 4. The molecule has 0 aliphatic carbocycles. The molecular weight excluding hydrogens is 596 g/mol. The summed E-state index contributed by atoms with van der Waals surface area (Å²) in [6.07, 6.45) is 2.50. The van der Waals surface area contributed by atoms with Gasteiger partial charge in [0.05, 0.1) is 26.4 Å². The highest BCUT2D eigenvalue weighted by molar-refractivity contribution is 4.73. The molecule has 284 valence electrons. The van der Waals surface area contributed by atoms with Gasteiger partial charge in [0.2, 0.25) is 0 Å². The lowest BCUT2D eigenvalue weighted by molar-refractivity contribution is 0.113. The average Bonchev–Trinajstić information content (AvgIpc) is 3.09. The standard InChI is InChI=1S/2C9H20N2O.2C8H18N2O.CH4/c2*1-2-3-10-4-6-11(7-5-10)8-9-12;2*1-2-9-3-5-10(6-4-9)7-8-11;/h2*12H,2-9H2,1H3;2*11H,2-8H2,1H3;1H4. The Labute approximate surface area is 290 Å². The number of β-amino-alcohol motifs (C(OH)–C–C–N with tert-alkyl or cyclic N) is 4. The second-order valence-corrected chi connectivity index (χ2v) is 12.8. The van der Waals surface area contributed by atoms with E-state index >= 15 is 0 Å². The lowest BCUT2D eigenvalue weighted by Gasteiger charge is -2.34. The first kappa shape index (κ1) is 46.5. The fourth-order valence-corrected chi connectivity index (χ4v) is 6.33. The second-order valence-electron chi connectivity index (χ2n) is 12.8. The van der Waals surface area contributed by atoms with Crippen LogP contribution in [0.4, 0.5) is 0 Å². The molecule has 0 aromatic carbocycles. The summed E-state index contributed by atoms with van der Waals surface area (Å²) in [5, 5.41) is 34.8. The SMILES string of the molecule is C.CCCN1CCN(CCO)CC1.CCCN1CCN(CCO)CC1.CCN1CCN(CCO)CC1.CCN1CCN(CCO)CC1. The Morgan fingerprint density at radius 1 is 0.298 bits per heavy atom. The minimum absolute atomic E-state index is 0. The van der Waals surface area contributed by atoms with Gasteiger partial charge in [0.15, 0.2) is 0 Å². The fourth-order valence-electron chi connectivity index (χ4n) is 6.33. The molecule has 0 unspecified atom stereocenters. The molecule has 12 heteroatoms. The summed E-state index contributed by atoms with van der Waals surface area (Å²) in [6.45, 7) is 36.5. The molecule has 4 aliphatic heterocycles. The van der Waals surface area contributed by atoms with Crippen LogP contribution in [0.2, 0.25) is 0 Å². The zero-order chi connectivity index (χ0) is 33.8. The van der Waals surface area contributed by atoms with Crippen molar-refractivity contribution in [3.63, 3.8) is 0 Å². The predicted molar refractivity (Wildman–Crippen MR) is 199 cm³/mol. The Morgan fingerprint density at radius 2 is 0.468 bits per heavy atom. The topological polar surface area (TPSA) is 107 Å². The molecule has 12 nitrogen and oxygen atoms in total.